The van der Waals surface area contributed by atoms with Crippen LogP contribution < -0.4 is 5.32 Å². The van der Waals surface area contributed by atoms with Crippen molar-refractivity contribution in [3.8, 4) is 0 Å². The Hall–Kier alpha value is -0.120. The SMILES string of the molecule is CCCC1CCC(NC)C(CN2CCC(COC)CC2)C1. The minimum absolute atomic E-state index is 0.745. The molecule has 2 fully saturated rings. The van der Waals surface area contributed by atoms with E-state index in [1.165, 1.54) is 64.6 Å². The maximum Gasteiger partial charge on any atom is 0.0491 e. The minimum atomic E-state index is 0.745. The standard InChI is InChI=1S/C18H36N2O/c1-4-5-15-6-7-18(19-2)17(12-15)13-20-10-8-16(9-11-20)14-21-3/h15-19H,4-14H2,1-3H3. The summed E-state index contributed by atoms with van der Waals surface area (Å²) in [6, 6.07) is 0.745. The second-order valence-corrected chi connectivity index (χ2v) is 7.32. The summed E-state index contributed by atoms with van der Waals surface area (Å²) in [5.74, 6) is 2.64. The Balaban J connectivity index is 1.79. The molecule has 0 amide bonds. The maximum atomic E-state index is 5.31. The molecule has 3 heteroatoms. The van der Waals surface area contributed by atoms with Crippen LogP contribution in [0.2, 0.25) is 0 Å². The van der Waals surface area contributed by atoms with Crippen LogP contribution in [0.15, 0.2) is 0 Å². The predicted octanol–water partition coefficient (Wildman–Crippen LogP) is 3.15. The lowest BCUT2D eigenvalue weighted by atomic mass is 9.76. The number of likely N-dealkylation sites (tertiary alicyclic amines) is 1. The smallest absolute Gasteiger partial charge is 0.0491 e. The molecule has 3 atom stereocenters. The molecule has 21 heavy (non-hydrogen) atoms. The summed E-state index contributed by atoms with van der Waals surface area (Å²) in [5.41, 5.74) is 0. The van der Waals surface area contributed by atoms with Crippen molar-refractivity contribution in [1.29, 1.82) is 0 Å². The molecule has 2 aliphatic rings. The molecule has 1 N–H and O–H groups in total. The van der Waals surface area contributed by atoms with Gasteiger partial charge in [0.15, 0.2) is 0 Å². The third-order valence-corrected chi connectivity index (χ3v) is 5.76. The summed E-state index contributed by atoms with van der Waals surface area (Å²) in [5, 5.41) is 3.59. The lowest BCUT2D eigenvalue weighted by molar-refractivity contribution is 0.0773. The molecule has 0 aromatic carbocycles. The summed E-state index contributed by atoms with van der Waals surface area (Å²) in [6.45, 7) is 7.15. The number of hydrogen-bond acceptors (Lipinski definition) is 3. The molecule has 1 saturated heterocycles. The van der Waals surface area contributed by atoms with E-state index in [0.29, 0.717) is 0 Å². The van der Waals surface area contributed by atoms with Crippen molar-refractivity contribution < 1.29 is 4.74 Å². The van der Waals surface area contributed by atoms with E-state index in [1.807, 2.05) is 7.11 Å². The van der Waals surface area contributed by atoms with Gasteiger partial charge in [0, 0.05) is 26.3 Å². The zero-order chi connectivity index (χ0) is 15.1. The summed E-state index contributed by atoms with van der Waals surface area (Å²) < 4.78 is 5.31. The highest BCUT2D eigenvalue weighted by Gasteiger charge is 2.31. The van der Waals surface area contributed by atoms with Gasteiger partial charge < -0.3 is 15.0 Å². The fourth-order valence-corrected chi connectivity index (χ4v) is 4.52. The third-order valence-electron chi connectivity index (χ3n) is 5.76. The molecular formula is C18H36N2O. The van der Waals surface area contributed by atoms with Crippen molar-refractivity contribution in [2.75, 3.05) is 40.4 Å². The number of nitrogens with zero attached hydrogens (tertiary/aromatic N) is 1. The van der Waals surface area contributed by atoms with Crippen LogP contribution in [0.1, 0.15) is 51.9 Å². The van der Waals surface area contributed by atoms with Crippen LogP contribution in [0.4, 0.5) is 0 Å². The normalized spacial score (nSPS) is 32.4. The lowest BCUT2D eigenvalue weighted by Crippen LogP contribution is -2.46. The van der Waals surface area contributed by atoms with E-state index in [0.717, 1.165) is 30.4 Å². The van der Waals surface area contributed by atoms with E-state index >= 15 is 0 Å². The summed E-state index contributed by atoms with van der Waals surface area (Å²) >= 11 is 0. The van der Waals surface area contributed by atoms with Crippen molar-refractivity contribution in [1.82, 2.24) is 10.2 Å². The first-order chi connectivity index (χ1) is 10.3. The highest BCUT2D eigenvalue weighted by Crippen LogP contribution is 2.33. The second-order valence-electron chi connectivity index (χ2n) is 7.32. The van der Waals surface area contributed by atoms with Crippen LogP contribution in [-0.2, 0) is 4.74 Å². The second kappa shape index (κ2) is 9.12. The molecule has 1 heterocycles. The Kier molecular flexibility index (Phi) is 7.48. The highest BCUT2D eigenvalue weighted by molar-refractivity contribution is 4.87. The molecular weight excluding hydrogens is 260 g/mol. The number of nitrogens with one attached hydrogen (secondary N) is 1. The maximum absolute atomic E-state index is 5.31. The number of rotatable bonds is 7. The van der Waals surface area contributed by atoms with E-state index in [2.05, 4.69) is 24.2 Å². The average molecular weight is 296 g/mol. The van der Waals surface area contributed by atoms with Crippen LogP contribution in [-0.4, -0.2) is 51.3 Å². The van der Waals surface area contributed by atoms with E-state index in [1.54, 1.807) is 0 Å². The third kappa shape index (κ3) is 5.22. The number of hydrogen-bond donors (Lipinski definition) is 1. The largest absolute Gasteiger partial charge is 0.384 e. The Morgan fingerprint density at radius 1 is 1.10 bits per heavy atom. The number of piperidine rings is 1. The molecule has 0 spiro atoms. The molecule has 3 unspecified atom stereocenters. The molecule has 1 aliphatic heterocycles. The van der Waals surface area contributed by atoms with E-state index in [9.17, 15) is 0 Å². The van der Waals surface area contributed by atoms with Crippen LogP contribution in [0, 0.1) is 17.8 Å². The molecule has 0 aromatic rings. The summed E-state index contributed by atoms with van der Waals surface area (Å²) in [4.78, 5) is 2.72. The van der Waals surface area contributed by atoms with Crippen LogP contribution >= 0.6 is 0 Å². The number of methoxy groups -OCH3 is 1. The Labute approximate surface area is 131 Å². The van der Waals surface area contributed by atoms with Gasteiger partial charge in [0.05, 0.1) is 0 Å². The van der Waals surface area contributed by atoms with Gasteiger partial charge in [-0.05, 0) is 70.0 Å². The van der Waals surface area contributed by atoms with Gasteiger partial charge in [-0.2, -0.15) is 0 Å². The fourth-order valence-electron chi connectivity index (χ4n) is 4.52. The van der Waals surface area contributed by atoms with Gasteiger partial charge in [0.1, 0.15) is 0 Å². The van der Waals surface area contributed by atoms with Crippen molar-refractivity contribution >= 4 is 0 Å². The minimum Gasteiger partial charge on any atom is -0.384 e. The zero-order valence-electron chi connectivity index (χ0n) is 14.4. The van der Waals surface area contributed by atoms with Gasteiger partial charge in [-0.3, -0.25) is 0 Å². The first kappa shape index (κ1) is 17.2. The summed E-state index contributed by atoms with van der Waals surface area (Å²) in [7, 11) is 3.99. The first-order valence-corrected chi connectivity index (χ1v) is 9.15. The molecule has 0 aromatic heterocycles. The lowest BCUT2D eigenvalue weighted by Gasteiger charge is -2.41. The number of ether oxygens (including phenoxy) is 1. The van der Waals surface area contributed by atoms with Crippen LogP contribution in [0.25, 0.3) is 0 Å². The molecule has 124 valence electrons. The molecule has 1 aliphatic carbocycles. The van der Waals surface area contributed by atoms with E-state index < -0.39 is 0 Å². The van der Waals surface area contributed by atoms with Crippen molar-refractivity contribution in [2.24, 2.45) is 17.8 Å². The van der Waals surface area contributed by atoms with Gasteiger partial charge in [-0.25, -0.2) is 0 Å². The van der Waals surface area contributed by atoms with Gasteiger partial charge in [-0.15, -0.1) is 0 Å². The quantitative estimate of drug-likeness (QED) is 0.781. The van der Waals surface area contributed by atoms with Crippen LogP contribution in [0.3, 0.4) is 0 Å². The molecule has 0 bridgehead atoms. The molecule has 0 radical (unpaired) electrons. The fraction of sp³-hybridized carbons (Fsp3) is 1.00. The van der Waals surface area contributed by atoms with E-state index in [-0.39, 0.29) is 0 Å². The Morgan fingerprint density at radius 3 is 2.48 bits per heavy atom. The van der Waals surface area contributed by atoms with Gasteiger partial charge >= 0.3 is 0 Å². The first-order valence-electron chi connectivity index (χ1n) is 9.15. The van der Waals surface area contributed by atoms with Gasteiger partial charge in [0.2, 0.25) is 0 Å². The predicted molar refractivity (Wildman–Crippen MR) is 89.6 cm³/mol. The zero-order valence-corrected chi connectivity index (χ0v) is 14.4. The monoisotopic (exact) mass is 296 g/mol. The van der Waals surface area contributed by atoms with Crippen LogP contribution in [0.5, 0.6) is 0 Å². The molecule has 1 saturated carbocycles. The Morgan fingerprint density at radius 2 is 1.86 bits per heavy atom. The molecule has 2 rings (SSSR count). The van der Waals surface area contributed by atoms with Gasteiger partial charge in [0.25, 0.3) is 0 Å². The summed E-state index contributed by atoms with van der Waals surface area (Å²) in [6.07, 6.45) is 9.69. The average Bonchev–Trinajstić information content (AvgIpc) is 2.50. The highest BCUT2D eigenvalue weighted by atomic mass is 16.5. The van der Waals surface area contributed by atoms with Crippen molar-refractivity contribution in [2.45, 2.75) is 57.9 Å². The topological polar surface area (TPSA) is 24.5 Å². The van der Waals surface area contributed by atoms with Gasteiger partial charge in [-0.1, -0.05) is 19.8 Å². The van der Waals surface area contributed by atoms with E-state index in [4.69, 9.17) is 4.74 Å². The Bertz CT molecular complexity index is 276. The van der Waals surface area contributed by atoms with Crippen molar-refractivity contribution in [3.05, 3.63) is 0 Å². The molecule has 3 nitrogen and oxygen atoms in total. The van der Waals surface area contributed by atoms with Crippen molar-refractivity contribution in [3.63, 3.8) is 0 Å².